The molecule has 0 aliphatic rings. The Kier molecular flexibility index (Phi) is 6.63. The Morgan fingerprint density at radius 1 is 1.17 bits per heavy atom. The molecule has 30 heavy (non-hydrogen) atoms. The Balaban J connectivity index is 1.60. The van der Waals surface area contributed by atoms with Gasteiger partial charge in [-0.15, -0.1) is 0 Å². The Morgan fingerprint density at radius 2 is 2.00 bits per heavy atom. The van der Waals surface area contributed by atoms with Crippen LogP contribution in [-0.2, 0) is 29.0 Å². The fourth-order valence-corrected chi connectivity index (χ4v) is 3.03. The van der Waals surface area contributed by atoms with Gasteiger partial charge in [0.2, 0.25) is 11.9 Å². The van der Waals surface area contributed by atoms with E-state index in [9.17, 15) is 14.4 Å². The van der Waals surface area contributed by atoms with Crippen molar-refractivity contribution in [1.82, 2.24) is 14.9 Å². The van der Waals surface area contributed by atoms with E-state index >= 15 is 0 Å². The zero-order valence-electron chi connectivity index (χ0n) is 16.2. The molecule has 4 N–H and O–H groups in total. The van der Waals surface area contributed by atoms with Crippen LogP contribution in [0.4, 0.5) is 5.95 Å². The van der Waals surface area contributed by atoms with Gasteiger partial charge in [-0.25, -0.2) is 4.98 Å². The zero-order valence-corrected chi connectivity index (χ0v) is 16.2. The summed E-state index contributed by atoms with van der Waals surface area (Å²) in [6.07, 6.45) is 2.22. The number of aryl methyl sites for hydroxylation is 2. The van der Waals surface area contributed by atoms with Crippen molar-refractivity contribution < 1.29 is 19.1 Å². The number of carboxylic acid groups (broad SMARTS) is 1. The second-order valence-corrected chi connectivity index (χ2v) is 6.69. The maximum absolute atomic E-state index is 12.4. The van der Waals surface area contributed by atoms with Gasteiger partial charge in [-0.1, -0.05) is 18.2 Å². The van der Waals surface area contributed by atoms with E-state index in [1.54, 1.807) is 6.26 Å². The number of hydrogen-bond donors (Lipinski definition) is 3. The summed E-state index contributed by atoms with van der Waals surface area (Å²) in [6.45, 7) is 0.186. The Labute approximate surface area is 172 Å². The molecule has 9 heteroatoms. The molecule has 0 aliphatic carbocycles. The van der Waals surface area contributed by atoms with Crippen LogP contribution in [0.5, 0.6) is 0 Å². The van der Waals surface area contributed by atoms with Gasteiger partial charge in [0.15, 0.2) is 0 Å². The van der Waals surface area contributed by atoms with E-state index in [4.69, 9.17) is 15.3 Å². The summed E-state index contributed by atoms with van der Waals surface area (Å²) in [4.78, 5) is 38.5. The number of carboxylic acids is 1. The molecule has 0 radical (unpaired) electrons. The summed E-state index contributed by atoms with van der Waals surface area (Å²) in [7, 11) is 0. The molecule has 0 unspecified atom stereocenters. The van der Waals surface area contributed by atoms with Crippen LogP contribution in [-0.4, -0.2) is 33.1 Å². The Bertz CT molecular complexity index is 1090. The number of benzene rings is 1. The van der Waals surface area contributed by atoms with Gasteiger partial charge in [0, 0.05) is 24.7 Å². The molecule has 0 fully saturated rings. The van der Waals surface area contributed by atoms with Crippen molar-refractivity contribution in [2.45, 2.75) is 25.8 Å². The number of nitrogen functional groups attached to an aromatic ring is 1. The first-order valence-corrected chi connectivity index (χ1v) is 9.40. The van der Waals surface area contributed by atoms with Crippen molar-refractivity contribution in [3.05, 3.63) is 70.3 Å². The van der Waals surface area contributed by atoms with Crippen molar-refractivity contribution in [3.8, 4) is 11.3 Å². The SMILES string of the molecule is Nc1nc(CCc2cccc(-c3ccco3)c2)cc(=O)n1CCNC(=O)CC(=O)O. The molecule has 1 aromatic carbocycles. The lowest BCUT2D eigenvalue weighted by Gasteiger charge is -2.11. The maximum Gasteiger partial charge on any atom is 0.312 e. The van der Waals surface area contributed by atoms with Crippen LogP contribution in [0, 0.1) is 0 Å². The molecule has 0 saturated carbocycles. The molecule has 0 atom stereocenters. The van der Waals surface area contributed by atoms with Crippen molar-refractivity contribution in [3.63, 3.8) is 0 Å². The zero-order chi connectivity index (χ0) is 21.5. The second-order valence-electron chi connectivity index (χ2n) is 6.69. The molecular weight excluding hydrogens is 388 g/mol. The standard InChI is InChI=1S/C21H22N4O5/c22-21-24-16(12-19(27)25(21)9-8-23-18(26)13-20(28)29)7-6-14-3-1-4-15(11-14)17-5-2-10-30-17/h1-5,10-12H,6-9,13H2,(H2,22,24)(H,23,26)(H,28,29). The van der Waals surface area contributed by atoms with Crippen LogP contribution in [0.15, 0.2) is 57.9 Å². The van der Waals surface area contributed by atoms with Crippen molar-refractivity contribution >= 4 is 17.8 Å². The van der Waals surface area contributed by atoms with Crippen LogP contribution in [0.2, 0.25) is 0 Å². The summed E-state index contributed by atoms with van der Waals surface area (Å²) >= 11 is 0. The first-order chi connectivity index (χ1) is 14.4. The summed E-state index contributed by atoms with van der Waals surface area (Å²) in [6, 6.07) is 13.1. The highest BCUT2D eigenvalue weighted by Gasteiger charge is 2.10. The largest absolute Gasteiger partial charge is 0.481 e. The van der Waals surface area contributed by atoms with Gasteiger partial charge in [-0.3, -0.25) is 19.0 Å². The number of furan rings is 1. The third-order valence-corrected chi connectivity index (χ3v) is 4.46. The van der Waals surface area contributed by atoms with E-state index in [1.807, 2.05) is 36.4 Å². The number of hydrogen-bond acceptors (Lipinski definition) is 6. The van der Waals surface area contributed by atoms with Crippen LogP contribution in [0.25, 0.3) is 11.3 Å². The van der Waals surface area contributed by atoms with Crippen molar-refractivity contribution in [2.24, 2.45) is 0 Å². The minimum Gasteiger partial charge on any atom is -0.481 e. The fraction of sp³-hybridized carbons (Fsp3) is 0.238. The van der Waals surface area contributed by atoms with E-state index < -0.39 is 18.3 Å². The third kappa shape index (κ3) is 5.57. The lowest BCUT2D eigenvalue weighted by Crippen LogP contribution is -2.33. The smallest absolute Gasteiger partial charge is 0.312 e. The Morgan fingerprint density at radius 3 is 2.70 bits per heavy atom. The number of amides is 1. The number of nitrogens with two attached hydrogens (primary N) is 1. The molecular formula is C21H22N4O5. The number of carbonyl (C=O) groups excluding carboxylic acids is 1. The van der Waals surface area contributed by atoms with Crippen LogP contribution < -0.4 is 16.6 Å². The van der Waals surface area contributed by atoms with E-state index in [-0.39, 0.29) is 24.6 Å². The number of nitrogens with zero attached hydrogens (tertiary/aromatic N) is 2. The number of carbonyl (C=O) groups is 2. The molecule has 156 valence electrons. The lowest BCUT2D eigenvalue weighted by atomic mass is 10.0. The number of aliphatic carboxylic acids is 1. The summed E-state index contributed by atoms with van der Waals surface area (Å²) in [5, 5.41) is 11.0. The fourth-order valence-electron chi connectivity index (χ4n) is 3.03. The lowest BCUT2D eigenvalue weighted by molar-refractivity contribution is -0.140. The molecule has 2 aromatic heterocycles. The minimum atomic E-state index is -1.22. The van der Waals surface area contributed by atoms with Gasteiger partial charge >= 0.3 is 5.97 Å². The maximum atomic E-state index is 12.4. The first-order valence-electron chi connectivity index (χ1n) is 9.40. The highest BCUT2D eigenvalue weighted by molar-refractivity contribution is 5.93. The third-order valence-electron chi connectivity index (χ3n) is 4.46. The van der Waals surface area contributed by atoms with E-state index in [1.165, 1.54) is 10.6 Å². The topological polar surface area (TPSA) is 140 Å². The summed E-state index contributed by atoms with van der Waals surface area (Å²) in [5.74, 6) is -1.01. The number of aromatic nitrogens is 2. The Hall–Kier alpha value is -3.88. The normalized spacial score (nSPS) is 10.7. The second kappa shape index (κ2) is 9.55. The van der Waals surface area contributed by atoms with Crippen LogP contribution >= 0.6 is 0 Å². The molecule has 0 spiro atoms. The van der Waals surface area contributed by atoms with Crippen LogP contribution in [0.1, 0.15) is 17.7 Å². The predicted molar refractivity (Wildman–Crippen MR) is 110 cm³/mol. The molecule has 0 bridgehead atoms. The van der Waals surface area contributed by atoms with Crippen molar-refractivity contribution in [2.75, 3.05) is 12.3 Å². The average Bonchev–Trinajstić information content (AvgIpc) is 3.23. The number of rotatable bonds is 9. The van der Waals surface area contributed by atoms with E-state index in [0.717, 1.165) is 16.9 Å². The van der Waals surface area contributed by atoms with Gasteiger partial charge in [0.1, 0.15) is 12.2 Å². The van der Waals surface area contributed by atoms with Gasteiger partial charge in [-0.05, 0) is 36.6 Å². The molecule has 0 aliphatic heterocycles. The number of anilines is 1. The minimum absolute atomic E-state index is 0.0503. The highest BCUT2D eigenvalue weighted by atomic mass is 16.4. The van der Waals surface area contributed by atoms with Gasteiger partial charge in [0.05, 0.1) is 12.0 Å². The predicted octanol–water partition coefficient (Wildman–Crippen LogP) is 1.46. The molecule has 2 heterocycles. The first kappa shape index (κ1) is 20.8. The average molecular weight is 410 g/mol. The van der Waals surface area contributed by atoms with Crippen molar-refractivity contribution in [1.29, 1.82) is 0 Å². The summed E-state index contributed by atoms with van der Waals surface area (Å²) in [5.41, 5.74) is 8.22. The van der Waals surface area contributed by atoms with Gasteiger partial charge in [0.25, 0.3) is 5.56 Å². The number of nitrogens with one attached hydrogen (secondary N) is 1. The molecule has 3 rings (SSSR count). The molecule has 3 aromatic rings. The highest BCUT2D eigenvalue weighted by Crippen LogP contribution is 2.21. The van der Waals surface area contributed by atoms with E-state index in [0.29, 0.717) is 18.5 Å². The van der Waals surface area contributed by atoms with Gasteiger partial charge in [-0.2, -0.15) is 0 Å². The van der Waals surface area contributed by atoms with Gasteiger partial charge < -0.3 is 20.6 Å². The monoisotopic (exact) mass is 410 g/mol. The summed E-state index contributed by atoms with van der Waals surface area (Å²) < 4.78 is 6.66. The quantitative estimate of drug-likeness (QED) is 0.454. The molecule has 9 nitrogen and oxygen atoms in total. The van der Waals surface area contributed by atoms with E-state index in [2.05, 4.69) is 10.3 Å². The molecule has 0 saturated heterocycles. The molecule has 1 amide bonds. The van der Waals surface area contributed by atoms with Crippen LogP contribution in [0.3, 0.4) is 0 Å².